The standard InChI is InChI=1S/C15H23NO2S/c1-15(2)7-5-11(6-8-15)16-12(10-14(17)18)13-4-3-9-19-13/h3-4,9,11-12,16H,5-8,10H2,1-2H3,(H,17,18). The van der Waals surface area contributed by atoms with Gasteiger partial charge in [0.1, 0.15) is 0 Å². The SMILES string of the molecule is CC1(C)CCC(NC(CC(=O)O)c2cccs2)CC1. The fraction of sp³-hybridized carbons (Fsp3) is 0.667. The molecule has 1 aliphatic rings. The van der Waals surface area contributed by atoms with E-state index in [2.05, 4.69) is 19.2 Å². The van der Waals surface area contributed by atoms with Crippen molar-refractivity contribution in [1.82, 2.24) is 5.32 Å². The Labute approximate surface area is 119 Å². The summed E-state index contributed by atoms with van der Waals surface area (Å²) in [6.07, 6.45) is 4.90. The second-order valence-corrected chi connectivity index (χ2v) is 7.25. The Morgan fingerprint density at radius 2 is 2.21 bits per heavy atom. The molecule has 0 amide bonds. The molecule has 2 N–H and O–H groups in total. The molecule has 3 nitrogen and oxygen atoms in total. The van der Waals surface area contributed by atoms with E-state index >= 15 is 0 Å². The van der Waals surface area contributed by atoms with E-state index in [0.29, 0.717) is 11.5 Å². The van der Waals surface area contributed by atoms with E-state index in [9.17, 15) is 4.79 Å². The van der Waals surface area contributed by atoms with Gasteiger partial charge in [-0.15, -0.1) is 11.3 Å². The first-order valence-corrected chi connectivity index (χ1v) is 7.85. The van der Waals surface area contributed by atoms with Crippen LogP contribution in [0.4, 0.5) is 0 Å². The van der Waals surface area contributed by atoms with Crippen LogP contribution in [0, 0.1) is 5.41 Å². The van der Waals surface area contributed by atoms with Crippen molar-refractivity contribution in [3.63, 3.8) is 0 Å². The first kappa shape index (κ1) is 14.5. The number of carboxylic acid groups (broad SMARTS) is 1. The third kappa shape index (κ3) is 4.32. The number of carbonyl (C=O) groups is 1. The number of thiophene rings is 1. The lowest BCUT2D eigenvalue weighted by Gasteiger charge is -2.36. The van der Waals surface area contributed by atoms with Crippen molar-refractivity contribution in [3.8, 4) is 0 Å². The molecule has 0 aromatic carbocycles. The molecule has 1 saturated carbocycles. The van der Waals surface area contributed by atoms with E-state index < -0.39 is 5.97 Å². The maximum absolute atomic E-state index is 11.0. The highest BCUT2D eigenvalue weighted by Crippen LogP contribution is 2.36. The Balaban J connectivity index is 1.95. The van der Waals surface area contributed by atoms with Crippen LogP contribution in [0.25, 0.3) is 0 Å². The van der Waals surface area contributed by atoms with E-state index in [4.69, 9.17) is 5.11 Å². The number of hydrogen-bond donors (Lipinski definition) is 2. The molecule has 1 heterocycles. The van der Waals surface area contributed by atoms with E-state index in [1.165, 1.54) is 12.8 Å². The largest absolute Gasteiger partial charge is 0.481 e. The fourth-order valence-electron chi connectivity index (χ4n) is 2.76. The van der Waals surface area contributed by atoms with Gasteiger partial charge in [-0.1, -0.05) is 19.9 Å². The molecule has 1 fully saturated rings. The van der Waals surface area contributed by atoms with Crippen LogP contribution in [0.5, 0.6) is 0 Å². The second-order valence-electron chi connectivity index (χ2n) is 6.27. The first-order chi connectivity index (χ1) is 8.96. The van der Waals surface area contributed by atoms with Gasteiger partial charge < -0.3 is 10.4 Å². The topological polar surface area (TPSA) is 49.3 Å². The van der Waals surface area contributed by atoms with E-state index in [0.717, 1.165) is 17.7 Å². The summed E-state index contributed by atoms with van der Waals surface area (Å²) in [5.74, 6) is -0.734. The lowest BCUT2D eigenvalue weighted by Crippen LogP contribution is -2.38. The molecule has 0 spiro atoms. The van der Waals surface area contributed by atoms with Crippen molar-refractivity contribution >= 4 is 17.3 Å². The number of nitrogens with one attached hydrogen (secondary N) is 1. The van der Waals surface area contributed by atoms with E-state index in [1.54, 1.807) is 11.3 Å². The quantitative estimate of drug-likeness (QED) is 0.862. The molecule has 1 aromatic heterocycles. The summed E-state index contributed by atoms with van der Waals surface area (Å²) in [5.41, 5.74) is 0.448. The predicted octanol–water partition coefficient (Wildman–Crippen LogP) is 3.82. The normalized spacial score (nSPS) is 21.2. The predicted molar refractivity (Wildman–Crippen MR) is 78.5 cm³/mol. The van der Waals surface area contributed by atoms with Crippen LogP contribution in [0.15, 0.2) is 17.5 Å². The maximum Gasteiger partial charge on any atom is 0.305 e. The van der Waals surface area contributed by atoms with E-state index in [-0.39, 0.29) is 12.5 Å². The van der Waals surface area contributed by atoms with Gasteiger partial charge in [-0.05, 0) is 42.5 Å². The van der Waals surface area contributed by atoms with Gasteiger partial charge in [0.2, 0.25) is 0 Å². The lowest BCUT2D eigenvalue weighted by molar-refractivity contribution is -0.137. The Kier molecular flexibility index (Phi) is 4.63. The van der Waals surface area contributed by atoms with E-state index in [1.807, 2.05) is 17.5 Å². The van der Waals surface area contributed by atoms with Gasteiger partial charge in [-0.2, -0.15) is 0 Å². The minimum absolute atomic E-state index is 0.0382. The number of aliphatic carboxylic acids is 1. The van der Waals surface area contributed by atoms with Crippen molar-refractivity contribution in [2.75, 3.05) is 0 Å². The molecular weight excluding hydrogens is 258 g/mol. The molecule has 0 aliphatic heterocycles. The zero-order chi connectivity index (χ0) is 13.9. The van der Waals surface area contributed by atoms with Crippen molar-refractivity contribution in [3.05, 3.63) is 22.4 Å². The molecule has 19 heavy (non-hydrogen) atoms. The van der Waals surface area contributed by atoms with Crippen molar-refractivity contribution in [2.45, 2.75) is 58.0 Å². The maximum atomic E-state index is 11.0. The van der Waals surface area contributed by atoms with Crippen LogP contribution in [0.2, 0.25) is 0 Å². The van der Waals surface area contributed by atoms with Gasteiger partial charge in [0, 0.05) is 10.9 Å². The average Bonchev–Trinajstić information content (AvgIpc) is 2.84. The summed E-state index contributed by atoms with van der Waals surface area (Å²) in [6, 6.07) is 4.43. The van der Waals surface area contributed by atoms with Gasteiger partial charge >= 0.3 is 5.97 Å². The van der Waals surface area contributed by atoms with Gasteiger partial charge in [-0.25, -0.2) is 0 Å². The summed E-state index contributed by atoms with van der Waals surface area (Å²) in [6.45, 7) is 4.63. The highest BCUT2D eigenvalue weighted by atomic mass is 32.1. The summed E-state index contributed by atoms with van der Waals surface area (Å²) in [7, 11) is 0. The number of hydrogen-bond acceptors (Lipinski definition) is 3. The Hall–Kier alpha value is -0.870. The van der Waals surface area contributed by atoms with Crippen LogP contribution in [0.3, 0.4) is 0 Å². The molecule has 1 aromatic rings. The monoisotopic (exact) mass is 281 g/mol. The van der Waals surface area contributed by atoms with Crippen LogP contribution in [0.1, 0.15) is 56.9 Å². The average molecular weight is 281 g/mol. The molecule has 0 bridgehead atoms. The molecule has 106 valence electrons. The third-order valence-corrected chi connectivity index (χ3v) is 5.03. The van der Waals surface area contributed by atoms with Crippen LogP contribution in [-0.2, 0) is 4.79 Å². The summed E-state index contributed by atoms with van der Waals surface area (Å²) in [5, 5.41) is 14.6. The Bertz CT molecular complexity index is 404. The summed E-state index contributed by atoms with van der Waals surface area (Å²) >= 11 is 1.64. The second kappa shape index (κ2) is 6.06. The van der Waals surface area contributed by atoms with Gasteiger partial charge in [0.25, 0.3) is 0 Å². The van der Waals surface area contributed by atoms with Gasteiger partial charge in [0.15, 0.2) is 0 Å². The summed E-state index contributed by atoms with van der Waals surface area (Å²) in [4.78, 5) is 12.1. The van der Waals surface area contributed by atoms with Crippen molar-refractivity contribution < 1.29 is 9.90 Å². The Morgan fingerprint density at radius 3 is 2.74 bits per heavy atom. The van der Waals surface area contributed by atoms with Crippen molar-refractivity contribution in [2.24, 2.45) is 5.41 Å². The molecule has 4 heteroatoms. The minimum Gasteiger partial charge on any atom is -0.481 e. The highest BCUT2D eigenvalue weighted by molar-refractivity contribution is 7.10. The summed E-state index contributed by atoms with van der Waals surface area (Å²) < 4.78 is 0. The lowest BCUT2D eigenvalue weighted by atomic mass is 9.75. The van der Waals surface area contributed by atoms with Crippen LogP contribution in [-0.4, -0.2) is 17.1 Å². The molecule has 2 rings (SSSR count). The smallest absolute Gasteiger partial charge is 0.305 e. The fourth-order valence-corrected chi connectivity index (χ4v) is 3.54. The van der Waals surface area contributed by atoms with Gasteiger partial charge in [-0.3, -0.25) is 4.79 Å². The zero-order valence-corrected chi connectivity index (χ0v) is 12.5. The number of rotatable bonds is 5. The van der Waals surface area contributed by atoms with Crippen LogP contribution < -0.4 is 5.32 Å². The molecule has 0 radical (unpaired) electrons. The number of carboxylic acids is 1. The van der Waals surface area contributed by atoms with Crippen molar-refractivity contribution in [1.29, 1.82) is 0 Å². The Morgan fingerprint density at radius 1 is 1.53 bits per heavy atom. The molecule has 1 unspecified atom stereocenters. The third-order valence-electron chi connectivity index (χ3n) is 4.04. The molecule has 1 aliphatic carbocycles. The molecular formula is C15H23NO2S. The van der Waals surface area contributed by atoms with Crippen LogP contribution >= 0.6 is 11.3 Å². The molecule has 0 saturated heterocycles. The highest BCUT2D eigenvalue weighted by Gasteiger charge is 2.29. The minimum atomic E-state index is -0.734. The first-order valence-electron chi connectivity index (χ1n) is 6.97. The zero-order valence-electron chi connectivity index (χ0n) is 11.7. The molecule has 1 atom stereocenters. The van der Waals surface area contributed by atoms with Gasteiger partial charge in [0.05, 0.1) is 12.5 Å².